The molecule has 0 unspecified atom stereocenters. The van der Waals surface area contributed by atoms with Gasteiger partial charge in [-0.3, -0.25) is 4.99 Å². The van der Waals surface area contributed by atoms with Gasteiger partial charge >= 0.3 is 0 Å². The molecule has 0 amide bonds. The lowest BCUT2D eigenvalue weighted by molar-refractivity contribution is 0.756. The molecule has 0 saturated carbocycles. The molecule has 0 radical (unpaired) electrons. The molecule has 0 bridgehead atoms. The first-order chi connectivity index (χ1) is 4.34. The van der Waals surface area contributed by atoms with Gasteiger partial charge in [-0.05, 0) is 14.0 Å². The fourth-order valence-electron chi connectivity index (χ4n) is 0.830. The fourth-order valence-corrected chi connectivity index (χ4v) is 0.830. The van der Waals surface area contributed by atoms with Crippen LogP contribution in [-0.4, -0.2) is 18.8 Å². The molecule has 2 nitrogen and oxygen atoms in total. The fraction of sp³-hybridized carbons (Fsp3) is 0.571. The lowest BCUT2D eigenvalue weighted by Gasteiger charge is -2.07. The molecular formula is C7H12N2. The van der Waals surface area contributed by atoms with Crippen molar-refractivity contribution in [3.8, 4) is 0 Å². The lowest BCUT2D eigenvalue weighted by atomic mass is 10.1. The average molecular weight is 124 g/mol. The van der Waals surface area contributed by atoms with Gasteiger partial charge in [-0.2, -0.15) is 0 Å². The van der Waals surface area contributed by atoms with Gasteiger partial charge in [-0.1, -0.05) is 6.08 Å². The summed E-state index contributed by atoms with van der Waals surface area (Å²) in [6.45, 7) is 2.12. The Morgan fingerprint density at radius 2 is 2.56 bits per heavy atom. The van der Waals surface area contributed by atoms with Gasteiger partial charge in [0.1, 0.15) is 0 Å². The van der Waals surface area contributed by atoms with E-state index in [0.29, 0.717) is 6.04 Å². The van der Waals surface area contributed by atoms with Crippen LogP contribution in [-0.2, 0) is 0 Å². The van der Waals surface area contributed by atoms with Crippen LogP contribution in [0.4, 0.5) is 0 Å². The Kier molecular flexibility index (Phi) is 2.01. The standard InChI is InChI=1S/C7H12N2/c1-6(8-2)7-4-3-5-9-7/h3,5-6,8H,4H2,1-2H3/t6-/m1/s1. The Morgan fingerprint density at radius 1 is 1.78 bits per heavy atom. The first-order valence-corrected chi connectivity index (χ1v) is 3.23. The van der Waals surface area contributed by atoms with Crippen LogP contribution in [0.1, 0.15) is 13.3 Å². The molecule has 50 valence electrons. The molecule has 0 aromatic heterocycles. The highest BCUT2D eigenvalue weighted by molar-refractivity contribution is 5.92. The molecule has 0 aliphatic carbocycles. The van der Waals surface area contributed by atoms with E-state index in [9.17, 15) is 0 Å². The van der Waals surface area contributed by atoms with E-state index in [4.69, 9.17) is 0 Å². The Labute approximate surface area is 55.7 Å². The second-order valence-corrected chi connectivity index (χ2v) is 2.22. The van der Waals surface area contributed by atoms with E-state index in [0.717, 1.165) is 6.42 Å². The average Bonchev–Trinajstić information content (AvgIpc) is 2.37. The van der Waals surface area contributed by atoms with Gasteiger partial charge in [0, 0.05) is 24.4 Å². The van der Waals surface area contributed by atoms with Crippen LogP contribution in [0.3, 0.4) is 0 Å². The van der Waals surface area contributed by atoms with Crippen LogP contribution in [0.25, 0.3) is 0 Å². The highest BCUT2D eigenvalue weighted by Crippen LogP contribution is 2.02. The Morgan fingerprint density at radius 3 is 3.00 bits per heavy atom. The second-order valence-electron chi connectivity index (χ2n) is 2.22. The number of rotatable bonds is 2. The van der Waals surface area contributed by atoms with Gasteiger partial charge in [0.15, 0.2) is 0 Å². The van der Waals surface area contributed by atoms with Crippen molar-refractivity contribution in [3.05, 3.63) is 12.3 Å². The smallest absolute Gasteiger partial charge is 0.0427 e. The van der Waals surface area contributed by atoms with E-state index in [-0.39, 0.29) is 0 Å². The number of nitrogens with one attached hydrogen (secondary N) is 1. The molecule has 0 saturated heterocycles. The van der Waals surface area contributed by atoms with E-state index in [2.05, 4.69) is 23.3 Å². The lowest BCUT2D eigenvalue weighted by Crippen LogP contribution is -2.29. The van der Waals surface area contributed by atoms with Gasteiger partial charge in [-0.15, -0.1) is 0 Å². The molecule has 0 fully saturated rings. The molecule has 0 aromatic rings. The molecule has 1 aliphatic heterocycles. The van der Waals surface area contributed by atoms with Crippen molar-refractivity contribution >= 4 is 5.71 Å². The van der Waals surface area contributed by atoms with Gasteiger partial charge < -0.3 is 5.32 Å². The summed E-state index contributed by atoms with van der Waals surface area (Å²) in [6.07, 6.45) is 4.95. The maximum absolute atomic E-state index is 4.18. The van der Waals surface area contributed by atoms with E-state index in [1.807, 2.05) is 13.2 Å². The number of nitrogens with zero attached hydrogens (tertiary/aromatic N) is 1. The monoisotopic (exact) mass is 124 g/mol. The van der Waals surface area contributed by atoms with E-state index in [1.165, 1.54) is 5.71 Å². The van der Waals surface area contributed by atoms with Gasteiger partial charge in [0.25, 0.3) is 0 Å². The van der Waals surface area contributed by atoms with E-state index in [1.54, 1.807) is 0 Å². The van der Waals surface area contributed by atoms with Crippen molar-refractivity contribution in [1.82, 2.24) is 5.32 Å². The summed E-state index contributed by atoms with van der Waals surface area (Å²) in [7, 11) is 1.95. The van der Waals surface area contributed by atoms with Crippen molar-refractivity contribution in [3.63, 3.8) is 0 Å². The van der Waals surface area contributed by atoms with Crippen LogP contribution >= 0.6 is 0 Å². The third-order valence-electron chi connectivity index (χ3n) is 1.61. The summed E-state index contributed by atoms with van der Waals surface area (Å²) in [4.78, 5) is 4.18. The summed E-state index contributed by atoms with van der Waals surface area (Å²) in [5, 5.41) is 3.14. The molecule has 9 heavy (non-hydrogen) atoms. The van der Waals surface area contributed by atoms with Crippen LogP contribution < -0.4 is 5.32 Å². The molecular weight excluding hydrogens is 112 g/mol. The topological polar surface area (TPSA) is 24.4 Å². The van der Waals surface area contributed by atoms with Crippen LogP contribution in [0.2, 0.25) is 0 Å². The summed E-state index contributed by atoms with van der Waals surface area (Å²) < 4.78 is 0. The number of allylic oxidation sites excluding steroid dienone is 1. The minimum Gasteiger partial charge on any atom is -0.312 e. The van der Waals surface area contributed by atoms with Crippen molar-refractivity contribution in [2.75, 3.05) is 7.05 Å². The molecule has 0 aromatic carbocycles. The molecule has 1 heterocycles. The van der Waals surface area contributed by atoms with Gasteiger partial charge in [-0.25, -0.2) is 0 Å². The summed E-state index contributed by atoms with van der Waals surface area (Å²) in [5.41, 5.74) is 1.23. The van der Waals surface area contributed by atoms with Crippen LogP contribution in [0.15, 0.2) is 17.3 Å². The quantitative estimate of drug-likeness (QED) is 0.582. The predicted molar refractivity (Wildman–Crippen MR) is 39.7 cm³/mol. The summed E-state index contributed by atoms with van der Waals surface area (Å²) in [6, 6.07) is 0.431. The van der Waals surface area contributed by atoms with Crippen LogP contribution in [0, 0.1) is 0 Å². The van der Waals surface area contributed by atoms with E-state index >= 15 is 0 Å². The summed E-state index contributed by atoms with van der Waals surface area (Å²) >= 11 is 0. The number of hydrogen-bond donors (Lipinski definition) is 1. The molecule has 1 aliphatic rings. The summed E-state index contributed by atoms with van der Waals surface area (Å²) in [5.74, 6) is 0. The number of aliphatic imine (C=N–C) groups is 1. The third-order valence-corrected chi connectivity index (χ3v) is 1.61. The second kappa shape index (κ2) is 2.78. The zero-order valence-corrected chi connectivity index (χ0v) is 5.89. The van der Waals surface area contributed by atoms with E-state index < -0.39 is 0 Å². The highest BCUT2D eigenvalue weighted by atomic mass is 14.9. The normalized spacial score (nSPS) is 20.0. The maximum Gasteiger partial charge on any atom is 0.0427 e. The van der Waals surface area contributed by atoms with Crippen molar-refractivity contribution in [2.24, 2.45) is 4.99 Å². The Bertz CT molecular complexity index is 147. The highest BCUT2D eigenvalue weighted by Gasteiger charge is 2.07. The Hall–Kier alpha value is -0.630. The Balaban J connectivity index is 2.45. The van der Waals surface area contributed by atoms with Gasteiger partial charge in [0.2, 0.25) is 0 Å². The first kappa shape index (κ1) is 6.49. The SMILES string of the molecule is CN[C@H](C)C1=NC=CC1. The predicted octanol–water partition coefficient (Wildman–Crippen LogP) is 0.953. The maximum atomic E-state index is 4.18. The minimum absolute atomic E-state index is 0.431. The van der Waals surface area contributed by atoms with Crippen LogP contribution in [0.5, 0.6) is 0 Å². The number of hydrogen-bond acceptors (Lipinski definition) is 2. The molecule has 1 rings (SSSR count). The molecule has 1 atom stereocenters. The third kappa shape index (κ3) is 1.39. The zero-order valence-electron chi connectivity index (χ0n) is 5.89. The molecule has 0 spiro atoms. The van der Waals surface area contributed by atoms with Crippen molar-refractivity contribution < 1.29 is 0 Å². The zero-order chi connectivity index (χ0) is 6.69. The van der Waals surface area contributed by atoms with Crippen molar-refractivity contribution in [1.29, 1.82) is 0 Å². The first-order valence-electron chi connectivity index (χ1n) is 3.23. The van der Waals surface area contributed by atoms with Crippen molar-refractivity contribution in [2.45, 2.75) is 19.4 Å². The largest absolute Gasteiger partial charge is 0.312 e. The minimum atomic E-state index is 0.431. The molecule has 2 heteroatoms. The van der Waals surface area contributed by atoms with Gasteiger partial charge in [0.05, 0.1) is 0 Å². The molecule has 1 N–H and O–H groups in total.